The van der Waals surface area contributed by atoms with Crippen LogP contribution in [0.1, 0.15) is 207 Å². The fourth-order valence-corrected chi connectivity index (χ4v) is 5.29. The fraction of sp³-hybridized carbons (Fsp3) is 1.00. The van der Waals surface area contributed by atoms with Gasteiger partial charge in [0, 0.05) is 6.61 Å². The van der Waals surface area contributed by atoms with Gasteiger partial charge in [0.1, 0.15) is 0 Å². The summed E-state index contributed by atoms with van der Waals surface area (Å²) in [6.45, 7) is 7.87. The lowest BCUT2D eigenvalue weighted by molar-refractivity contribution is 0.0557. The van der Waals surface area contributed by atoms with Crippen molar-refractivity contribution in [1.29, 1.82) is 0 Å². The predicted molar refractivity (Wildman–Crippen MR) is 161 cm³/mol. The summed E-state index contributed by atoms with van der Waals surface area (Å²) >= 11 is 0. The minimum atomic E-state index is 0.467. The lowest BCUT2D eigenvalue weighted by Gasteiger charge is -2.13. The molecule has 0 heterocycles. The van der Waals surface area contributed by atoms with Crippen molar-refractivity contribution in [2.75, 3.05) is 6.61 Å². The van der Waals surface area contributed by atoms with Crippen molar-refractivity contribution >= 4 is 0 Å². The van der Waals surface area contributed by atoms with E-state index in [0.717, 1.165) is 6.61 Å². The van der Waals surface area contributed by atoms with Gasteiger partial charge in [0.15, 0.2) is 0 Å². The normalized spacial score (nSPS) is 12.4. The Labute approximate surface area is 224 Å². The van der Waals surface area contributed by atoms with Crippen LogP contribution < -0.4 is 0 Å². The standard InChI is InChI=1S/C34H70O/c1-4-6-8-10-12-14-16-18-20-22-24-26-28-30-32-34(3)35-33-31-29-27-25-23-21-19-17-15-13-11-9-7-5-2/h34H,4-33H2,1-3H3. The van der Waals surface area contributed by atoms with Gasteiger partial charge in [-0.3, -0.25) is 0 Å². The first-order chi connectivity index (χ1) is 17.3. The summed E-state index contributed by atoms with van der Waals surface area (Å²) in [6, 6.07) is 0. The molecule has 0 aromatic rings. The van der Waals surface area contributed by atoms with Crippen molar-refractivity contribution in [3.05, 3.63) is 0 Å². The van der Waals surface area contributed by atoms with Gasteiger partial charge < -0.3 is 4.74 Å². The second-order valence-corrected chi connectivity index (χ2v) is 11.7. The summed E-state index contributed by atoms with van der Waals surface area (Å²) in [5.74, 6) is 0. The van der Waals surface area contributed by atoms with Crippen molar-refractivity contribution in [1.82, 2.24) is 0 Å². The molecule has 0 spiro atoms. The average Bonchev–Trinajstić information content (AvgIpc) is 2.86. The van der Waals surface area contributed by atoms with Crippen LogP contribution in [0.25, 0.3) is 0 Å². The van der Waals surface area contributed by atoms with Crippen LogP contribution >= 0.6 is 0 Å². The Morgan fingerprint density at radius 2 is 0.600 bits per heavy atom. The second kappa shape index (κ2) is 32.0. The summed E-state index contributed by atoms with van der Waals surface area (Å²) in [7, 11) is 0. The van der Waals surface area contributed by atoms with Crippen molar-refractivity contribution in [2.24, 2.45) is 0 Å². The van der Waals surface area contributed by atoms with E-state index in [1.165, 1.54) is 186 Å². The van der Waals surface area contributed by atoms with Crippen molar-refractivity contribution in [3.8, 4) is 0 Å². The zero-order valence-electron chi connectivity index (χ0n) is 25.2. The molecule has 0 rings (SSSR count). The van der Waals surface area contributed by atoms with Gasteiger partial charge in [-0.1, -0.05) is 187 Å². The SMILES string of the molecule is CCCCCCCCCCCCCCCCOC(C)CCCCCCCCCCCCCCCC. The van der Waals surface area contributed by atoms with Gasteiger partial charge >= 0.3 is 0 Å². The van der Waals surface area contributed by atoms with Gasteiger partial charge in [0.25, 0.3) is 0 Å². The molecule has 0 fully saturated rings. The van der Waals surface area contributed by atoms with Gasteiger partial charge in [-0.2, -0.15) is 0 Å². The molecule has 1 nitrogen and oxygen atoms in total. The first kappa shape index (κ1) is 35.0. The first-order valence-corrected chi connectivity index (χ1v) is 16.9. The molecule has 0 aromatic heterocycles. The van der Waals surface area contributed by atoms with Crippen LogP contribution in [0.5, 0.6) is 0 Å². The monoisotopic (exact) mass is 495 g/mol. The number of hydrogen-bond acceptors (Lipinski definition) is 1. The third-order valence-electron chi connectivity index (χ3n) is 7.86. The van der Waals surface area contributed by atoms with E-state index in [1.807, 2.05) is 0 Å². The van der Waals surface area contributed by atoms with Crippen molar-refractivity contribution in [2.45, 2.75) is 213 Å². The molecule has 0 radical (unpaired) electrons. The molecular formula is C34H70O. The van der Waals surface area contributed by atoms with Crippen LogP contribution in [0.4, 0.5) is 0 Å². The smallest absolute Gasteiger partial charge is 0.0547 e. The number of rotatable bonds is 31. The molecule has 0 aliphatic rings. The highest BCUT2D eigenvalue weighted by atomic mass is 16.5. The Bertz CT molecular complexity index is 352. The van der Waals surface area contributed by atoms with E-state index < -0.39 is 0 Å². The number of unbranched alkanes of at least 4 members (excludes halogenated alkanes) is 26. The van der Waals surface area contributed by atoms with Crippen LogP contribution in [0.3, 0.4) is 0 Å². The lowest BCUT2D eigenvalue weighted by atomic mass is 10.0. The maximum atomic E-state index is 6.06. The largest absolute Gasteiger partial charge is 0.379 e. The molecule has 0 aliphatic carbocycles. The van der Waals surface area contributed by atoms with Crippen LogP contribution in [0.15, 0.2) is 0 Å². The molecule has 212 valence electrons. The lowest BCUT2D eigenvalue weighted by Crippen LogP contribution is -2.09. The third-order valence-corrected chi connectivity index (χ3v) is 7.86. The highest BCUT2D eigenvalue weighted by Gasteiger charge is 2.02. The Hall–Kier alpha value is -0.0400. The average molecular weight is 495 g/mol. The fourth-order valence-electron chi connectivity index (χ4n) is 5.29. The molecule has 0 N–H and O–H groups in total. The molecule has 0 amide bonds. The van der Waals surface area contributed by atoms with Gasteiger partial charge in [-0.05, 0) is 19.8 Å². The Morgan fingerprint density at radius 1 is 0.343 bits per heavy atom. The van der Waals surface area contributed by atoms with E-state index in [9.17, 15) is 0 Å². The Balaban J connectivity index is 3.13. The molecule has 0 bridgehead atoms. The van der Waals surface area contributed by atoms with Gasteiger partial charge in [0.2, 0.25) is 0 Å². The molecule has 1 atom stereocenters. The summed E-state index contributed by atoms with van der Waals surface area (Å²) < 4.78 is 6.06. The van der Waals surface area contributed by atoms with Gasteiger partial charge in [0.05, 0.1) is 6.10 Å². The van der Waals surface area contributed by atoms with E-state index in [4.69, 9.17) is 4.74 Å². The topological polar surface area (TPSA) is 9.23 Å². The highest BCUT2D eigenvalue weighted by molar-refractivity contribution is 4.54. The summed E-state index contributed by atoms with van der Waals surface area (Å²) in [5.41, 5.74) is 0. The maximum absolute atomic E-state index is 6.06. The van der Waals surface area contributed by atoms with Crippen molar-refractivity contribution in [3.63, 3.8) is 0 Å². The minimum absolute atomic E-state index is 0.467. The van der Waals surface area contributed by atoms with Crippen LogP contribution in [0, 0.1) is 0 Å². The predicted octanol–water partition coefficient (Wildman–Crippen LogP) is 12.7. The third kappa shape index (κ3) is 31.9. The molecule has 1 heteroatoms. The van der Waals surface area contributed by atoms with Crippen molar-refractivity contribution < 1.29 is 4.74 Å². The summed E-state index contributed by atoms with van der Waals surface area (Å²) in [5, 5.41) is 0. The molecule has 0 saturated carbocycles. The van der Waals surface area contributed by atoms with Crippen LogP contribution in [0.2, 0.25) is 0 Å². The highest BCUT2D eigenvalue weighted by Crippen LogP contribution is 2.15. The van der Waals surface area contributed by atoms with E-state index in [1.54, 1.807) is 0 Å². The molecular weight excluding hydrogens is 424 g/mol. The molecule has 0 aliphatic heterocycles. The van der Waals surface area contributed by atoms with Crippen LogP contribution in [-0.2, 0) is 4.74 Å². The quantitative estimate of drug-likeness (QED) is 0.0870. The Morgan fingerprint density at radius 3 is 0.914 bits per heavy atom. The molecule has 35 heavy (non-hydrogen) atoms. The van der Waals surface area contributed by atoms with Gasteiger partial charge in [-0.15, -0.1) is 0 Å². The van der Waals surface area contributed by atoms with Gasteiger partial charge in [-0.25, -0.2) is 0 Å². The molecule has 1 unspecified atom stereocenters. The van der Waals surface area contributed by atoms with E-state index in [-0.39, 0.29) is 0 Å². The molecule has 0 aromatic carbocycles. The molecule has 0 saturated heterocycles. The number of hydrogen-bond donors (Lipinski definition) is 0. The maximum Gasteiger partial charge on any atom is 0.0547 e. The van der Waals surface area contributed by atoms with E-state index in [2.05, 4.69) is 20.8 Å². The van der Waals surface area contributed by atoms with Crippen LogP contribution in [-0.4, -0.2) is 12.7 Å². The second-order valence-electron chi connectivity index (χ2n) is 11.7. The van der Waals surface area contributed by atoms with E-state index >= 15 is 0 Å². The van der Waals surface area contributed by atoms with E-state index in [0.29, 0.717) is 6.10 Å². The Kier molecular flexibility index (Phi) is 32.0. The minimum Gasteiger partial charge on any atom is -0.379 e. The first-order valence-electron chi connectivity index (χ1n) is 16.9. The summed E-state index contributed by atoms with van der Waals surface area (Å²) in [4.78, 5) is 0. The number of ether oxygens (including phenoxy) is 1. The zero-order valence-corrected chi connectivity index (χ0v) is 25.2. The summed E-state index contributed by atoms with van der Waals surface area (Å²) in [6.07, 6.45) is 41.9. The zero-order chi connectivity index (χ0) is 25.5.